The van der Waals surface area contributed by atoms with Gasteiger partial charge in [-0.1, -0.05) is 34.5 Å². The van der Waals surface area contributed by atoms with Crippen LogP contribution in [-0.2, 0) is 0 Å². The number of aromatic nitrogens is 4. The summed E-state index contributed by atoms with van der Waals surface area (Å²) in [7, 11) is 0. The van der Waals surface area contributed by atoms with Gasteiger partial charge >= 0.3 is 0 Å². The minimum absolute atomic E-state index is 0.213. The highest BCUT2D eigenvalue weighted by molar-refractivity contribution is 7.18. The molecule has 0 spiro atoms. The van der Waals surface area contributed by atoms with E-state index in [0.29, 0.717) is 16.0 Å². The molecular weight excluding hydrogens is 233 g/mol. The van der Waals surface area contributed by atoms with Gasteiger partial charge < -0.3 is 10.7 Å². The van der Waals surface area contributed by atoms with E-state index in [1.165, 1.54) is 11.3 Å². The van der Waals surface area contributed by atoms with Gasteiger partial charge in [0.15, 0.2) is 16.0 Å². The van der Waals surface area contributed by atoms with Gasteiger partial charge in [-0.25, -0.2) is 4.98 Å². The zero-order chi connectivity index (χ0) is 9.42. The molecule has 0 bridgehead atoms. The number of nitrogens with two attached hydrogens (primary N) is 1. The van der Waals surface area contributed by atoms with Crippen LogP contribution in [0.15, 0.2) is 0 Å². The number of H-pyrrole nitrogens is 1. The molecule has 0 fully saturated rings. The molecule has 0 aromatic carbocycles. The Morgan fingerprint density at radius 2 is 2.08 bits per heavy atom. The molecule has 3 N–H and O–H groups in total. The Bertz CT molecular complexity index is 416. The smallest absolute Gasteiger partial charge is 0.203 e. The normalized spacial score (nSPS) is 10.6. The summed E-state index contributed by atoms with van der Waals surface area (Å²) in [5, 5.41) is 8.84. The maximum atomic E-state index is 5.66. The fourth-order valence-electron chi connectivity index (χ4n) is 0.762. The highest BCUT2D eigenvalue weighted by atomic mass is 35.5. The molecule has 68 valence electrons. The van der Waals surface area contributed by atoms with Gasteiger partial charge in [-0.2, -0.15) is 0 Å². The third-order valence-electron chi connectivity index (χ3n) is 1.26. The molecule has 5 nitrogen and oxygen atoms in total. The van der Waals surface area contributed by atoms with Crippen LogP contribution in [-0.4, -0.2) is 20.2 Å². The average Bonchev–Trinajstić information content (AvgIpc) is 2.61. The van der Waals surface area contributed by atoms with Crippen molar-refractivity contribution in [1.29, 1.82) is 0 Å². The van der Waals surface area contributed by atoms with E-state index in [2.05, 4.69) is 20.2 Å². The first-order chi connectivity index (χ1) is 6.16. The second kappa shape index (κ2) is 3.13. The third-order valence-corrected chi connectivity index (χ3v) is 2.67. The van der Waals surface area contributed by atoms with Gasteiger partial charge in [0, 0.05) is 0 Å². The molecule has 2 heterocycles. The van der Waals surface area contributed by atoms with Crippen LogP contribution in [0.4, 0.5) is 5.13 Å². The Hall–Kier alpha value is -0.850. The summed E-state index contributed by atoms with van der Waals surface area (Å²) >= 11 is 12.5. The van der Waals surface area contributed by atoms with Crippen LogP contribution in [0.2, 0.25) is 10.3 Å². The van der Waals surface area contributed by atoms with Gasteiger partial charge in [-0.3, -0.25) is 0 Å². The van der Waals surface area contributed by atoms with Crippen LogP contribution in [0, 0.1) is 0 Å². The first-order valence-electron chi connectivity index (χ1n) is 3.17. The van der Waals surface area contributed by atoms with Gasteiger partial charge in [0.1, 0.15) is 5.15 Å². The number of aromatic amines is 1. The van der Waals surface area contributed by atoms with Gasteiger partial charge in [-0.05, 0) is 0 Å². The second-order valence-electron chi connectivity index (χ2n) is 2.14. The van der Waals surface area contributed by atoms with Crippen LogP contribution in [0.25, 0.3) is 10.8 Å². The summed E-state index contributed by atoms with van der Waals surface area (Å²) in [4.78, 5) is 6.67. The summed E-state index contributed by atoms with van der Waals surface area (Å²) in [5.41, 5.74) is 5.40. The van der Waals surface area contributed by atoms with Crippen molar-refractivity contribution in [3.05, 3.63) is 10.3 Å². The van der Waals surface area contributed by atoms with E-state index < -0.39 is 0 Å². The number of hydrogen-bond acceptors (Lipinski definition) is 5. The van der Waals surface area contributed by atoms with Crippen LogP contribution >= 0.6 is 34.5 Å². The number of nitrogens with one attached hydrogen (secondary N) is 1. The summed E-state index contributed by atoms with van der Waals surface area (Å²) in [6.45, 7) is 0. The lowest BCUT2D eigenvalue weighted by atomic mass is 10.7. The zero-order valence-electron chi connectivity index (χ0n) is 6.08. The molecule has 8 heteroatoms. The molecule has 0 amide bonds. The molecule has 0 unspecified atom stereocenters. The highest BCUT2D eigenvalue weighted by Gasteiger charge is 2.11. The van der Waals surface area contributed by atoms with Crippen molar-refractivity contribution in [1.82, 2.24) is 20.2 Å². The number of halogens is 2. The van der Waals surface area contributed by atoms with Crippen molar-refractivity contribution >= 4 is 39.7 Å². The lowest BCUT2D eigenvalue weighted by Gasteiger charge is -1.82. The Labute approximate surface area is 86.9 Å². The largest absolute Gasteiger partial charge is 0.374 e. The van der Waals surface area contributed by atoms with Crippen LogP contribution < -0.4 is 5.73 Å². The Kier molecular flexibility index (Phi) is 2.10. The predicted octanol–water partition coefficient (Wildman–Crippen LogP) is 1.82. The predicted molar refractivity (Wildman–Crippen MR) is 51.9 cm³/mol. The van der Waals surface area contributed by atoms with Crippen LogP contribution in [0.3, 0.4) is 0 Å². The van der Waals surface area contributed by atoms with E-state index in [1.54, 1.807) is 0 Å². The fourth-order valence-corrected chi connectivity index (χ4v) is 1.58. The third kappa shape index (κ3) is 1.60. The molecule has 0 radical (unpaired) electrons. The molecule has 13 heavy (non-hydrogen) atoms. The molecular formula is C5H3Cl2N5S. The number of nitrogens with zero attached hydrogens (tertiary/aromatic N) is 3. The molecule has 2 rings (SSSR count). The molecule has 2 aromatic heterocycles. The first kappa shape index (κ1) is 8.74. The monoisotopic (exact) mass is 235 g/mol. The highest BCUT2D eigenvalue weighted by Crippen LogP contribution is 2.27. The van der Waals surface area contributed by atoms with E-state index in [-0.39, 0.29) is 10.3 Å². The molecule has 2 aromatic rings. The van der Waals surface area contributed by atoms with Gasteiger partial charge in [0.2, 0.25) is 5.13 Å². The number of imidazole rings is 1. The minimum Gasteiger partial charge on any atom is -0.374 e. The van der Waals surface area contributed by atoms with Crippen LogP contribution in [0.1, 0.15) is 0 Å². The van der Waals surface area contributed by atoms with Crippen molar-refractivity contribution < 1.29 is 0 Å². The summed E-state index contributed by atoms with van der Waals surface area (Å²) in [6, 6.07) is 0. The average molecular weight is 236 g/mol. The van der Waals surface area contributed by atoms with E-state index in [1.807, 2.05) is 0 Å². The number of anilines is 1. The Balaban J connectivity index is 2.46. The number of nitrogen functional groups attached to an aromatic ring is 1. The summed E-state index contributed by atoms with van der Waals surface area (Å²) < 4.78 is 0. The van der Waals surface area contributed by atoms with Crippen molar-refractivity contribution in [3.63, 3.8) is 0 Å². The van der Waals surface area contributed by atoms with Crippen molar-refractivity contribution in [2.75, 3.05) is 5.73 Å². The zero-order valence-corrected chi connectivity index (χ0v) is 8.41. The minimum atomic E-state index is 0.213. The molecule has 0 aliphatic carbocycles. The second-order valence-corrected chi connectivity index (χ2v) is 3.88. The fraction of sp³-hybridized carbons (Fsp3) is 0. The maximum absolute atomic E-state index is 5.66. The van der Waals surface area contributed by atoms with Crippen molar-refractivity contribution in [2.45, 2.75) is 0 Å². The summed E-state index contributed by atoms with van der Waals surface area (Å²) in [5.74, 6) is 0.476. The Morgan fingerprint density at radius 1 is 1.31 bits per heavy atom. The van der Waals surface area contributed by atoms with E-state index >= 15 is 0 Å². The van der Waals surface area contributed by atoms with Gasteiger partial charge in [-0.15, -0.1) is 10.2 Å². The van der Waals surface area contributed by atoms with E-state index in [0.717, 1.165) is 0 Å². The summed E-state index contributed by atoms with van der Waals surface area (Å²) in [6.07, 6.45) is 0. The molecule has 0 aliphatic rings. The molecule has 0 saturated heterocycles. The molecule has 0 saturated carbocycles. The van der Waals surface area contributed by atoms with Crippen LogP contribution in [0.5, 0.6) is 0 Å². The van der Waals surface area contributed by atoms with E-state index in [9.17, 15) is 0 Å². The standard InChI is InChI=1S/C5H3Cl2N5S/c6-1-2(7)10-3(9-1)4-11-12-5(8)13-4/h(H2,8,12)(H,9,10). The molecule has 0 aliphatic heterocycles. The topological polar surface area (TPSA) is 80.5 Å². The lowest BCUT2D eigenvalue weighted by molar-refractivity contribution is 1.09. The first-order valence-corrected chi connectivity index (χ1v) is 4.74. The maximum Gasteiger partial charge on any atom is 0.203 e. The van der Waals surface area contributed by atoms with Crippen molar-refractivity contribution in [2.24, 2.45) is 0 Å². The molecule has 0 atom stereocenters. The van der Waals surface area contributed by atoms with Gasteiger partial charge in [0.25, 0.3) is 0 Å². The van der Waals surface area contributed by atoms with Gasteiger partial charge in [0.05, 0.1) is 0 Å². The van der Waals surface area contributed by atoms with E-state index in [4.69, 9.17) is 28.9 Å². The Morgan fingerprint density at radius 3 is 2.54 bits per heavy atom. The SMILES string of the molecule is Nc1nnc(-c2nc(Cl)c(Cl)[nH]2)s1. The number of rotatable bonds is 1. The lowest BCUT2D eigenvalue weighted by Crippen LogP contribution is -1.80. The number of hydrogen-bond donors (Lipinski definition) is 2. The van der Waals surface area contributed by atoms with Crippen molar-refractivity contribution in [3.8, 4) is 10.8 Å². The quantitative estimate of drug-likeness (QED) is 0.791.